The molecule has 3 fully saturated rings. The van der Waals surface area contributed by atoms with Gasteiger partial charge in [0.25, 0.3) is 0 Å². The summed E-state index contributed by atoms with van der Waals surface area (Å²) >= 11 is 0. The second-order valence-electron chi connectivity index (χ2n) is 12.2. The molecule has 4 aliphatic carbocycles. The van der Waals surface area contributed by atoms with Crippen molar-refractivity contribution < 1.29 is 5.11 Å². The number of fused-ring (bicyclic) bond motifs is 5. The first-order valence-electron chi connectivity index (χ1n) is 12.6. The molecule has 0 spiro atoms. The van der Waals surface area contributed by atoms with Gasteiger partial charge in [-0.2, -0.15) is 0 Å². The normalized spacial score (nSPS) is 48.8. The third kappa shape index (κ3) is 3.32. The van der Waals surface area contributed by atoms with Gasteiger partial charge in [-0.05, 0) is 97.2 Å². The van der Waals surface area contributed by atoms with Crippen molar-refractivity contribution in [3.8, 4) is 0 Å². The first-order valence-corrected chi connectivity index (χ1v) is 12.6. The Morgan fingerprint density at radius 1 is 1.00 bits per heavy atom. The van der Waals surface area contributed by atoms with Crippen molar-refractivity contribution in [3.63, 3.8) is 0 Å². The Labute approximate surface area is 174 Å². The summed E-state index contributed by atoms with van der Waals surface area (Å²) in [6.07, 6.45) is 18.2. The van der Waals surface area contributed by atoms with Crippen molar-refractivity contribution in [3.05, 3.63) is 12.2 Å². The molecule has 1 N–H and O–H groups in total. The lowest BCUT2D eigenvalue weighted by atomic mass is 9.45. The fourth-order valence-corrected chi connectivity index (χ4v) is 8.88. The van der Waals surface area contributed by atoms with E-state index in [4.69, 9.17) is 0 Å². The third-order valence-corrected chi connectivity index (χ3v) is 10.4. The van der Waals surface area contributed by atoms with E-state index in [9.17, 15) is 5.11 Å². The van der Waals surface area contributed by atoms with E-state index in [0.717, 1.165) is 41.9 Å². The molecule has 1 heteroatoms. The maximum absolute atomic E-state index is 11.3. The van der Waals surface area contributed by atoms with Gasteiger partial charge in [0.15, 0.2) is 0 Å². The Kier molecular flexibility index (Phi) is 5.80. The summed E-state index contributed by atoms with van der Waals surface area (Å²) in [5, 5.41) is 11.3. The van der Waals surface area contributed by atoms with Crippen LogP contribution in [0.15, 0.2) is 12.2 Å². The molecule has 1 nitrogen and oxygen atoms in total. The maximum atomic E-state index is 11.3. The SMILES string of the molecule is CC(C)CCC[C@@H](C)[C@H]1CC(O)[C@H]2[C@@H]3CCC4CC=CC[C@]4(C)[C@H]3CC[C@]12C. The Morgan fingerprint density at radius 2 is 1.79 bits per heavy atom. The molecule has 4 rings (SSSR count). The van der Waals surface area contributed by atoms with E-state index in [0.29, 0.717) is 16.7 Å². The molecule has 0 bridgehead atoms. The highest BCUT2D eigenvalue weighted by atomic mass is 16.3. The Hall–Kier alpha value is -0.300. The van der Waals surface area contributed by atoms with E-state index < -0.39 is 0 Å². The zero-order valence-corrected chi connectivity index (χ0v) is 19.3. The smallest absolute Gasteiger partial charge is 0.0579 e. The van der Waals surface area contributed by atoms with Crippen LogP contribution in [0.2, 0.25) is 0 Å². The first-order chi connectivity index (χ1) is 13.3. The Morgan fingerprint density at radius 3 is 2.54 bits per heavy atom. The minimum absolute atomic E-state index is 0.0466. The van der Waals surface area contributed by atoms with Gasteiger partial charge in [0.1, 0.15) is 0 Å². The van der Waals surface area contributed by atoms with Gasteiger partial charge >= 0.3 is 0 Å². The van der Waals surface area contributed by atoms with E-state index >= 15 is 0 Å². The van der Waals surface area contributed by atoms with Crippen molar-refractivity contribution in [2.24, 2.45) is 52.3 Å². The van der Waals surface area contributed by atoms with Gasteiger partial charge in [-0.25, -0.2) is 0 Å². The topological polar surface area (TPSA) is 20.2 Å². The molecule has 0 aromatic rings. The molecule has 9 atom stereocenters. The highest BCUT2D eigenvalue weighted by Gasteiger charge is 2.62. The summed E-state index contributed by atoms with van der Waals surface area (Å²) in [6.45, 7) is 12.4. The average molecular weight is 387 g/mol. The number of aliphatic hydroxyl groups is 1. The third-order valence-electron chi connectivity index (χ3n) is 10.4. The predicted octanol–water partition coefficient (Wildman–Crippen LogP) is 7.24. The lowest BCUT2D eigenvalue weighted by Gasteiger charge is -2.60. The Bertz CT molecular complexity index is 579. The summed E-state index contributed by atoms with van der Waals surface area (Å²) in [6, 6.07) is 0. The molecule has 0 aliphatic heterocycles. The van der Waals surface area contributed by atoms with Crippen LogP contribution in [-0.2, 0) is 0 Å². The summed E-state index contributed by atoms with van der Waals surface area (Å²) < 4.78 is 0. The summed E-state index contributed by atoms with van der Waals surface area (Å²) in [5.74, 6) is 5.40. The fourth-order valence-electron chi connectivity index (χ4n) is 8.88. The van der Waals surface area contributed by atoms with Gasteiger partial charge in [-0.3, -0.25) is 0 Å². The number of rotatable bonds is 5. The number of hydrogen-bond donors (Lipinski definition) is 1. The molecule has 160 valence electrons. The van der Waals surface area contributed by atoms with Gasteiger partial charge in [0.05, 0.1) is 6.10 Å². The molecule has 0 aromatic carbocycles. The van der Waals surface area contributed by atoms with E-state index in [1.54, 1.807) is 0 Å². The molecule has 28 heavy (non-hydrogen) atoms. The van der Waals surface area contributed by atoms with Gasteiger partial charge in [0.2, 0.25) is 0 Å². The standard InChI is InChI=1S/C27H46O/c1-18(2)9-8-10-19(3)23-17-24(28)25-21-13-12-20-11-6-7-15-26(20,4)22(21)14-16-27(23,25)5/h6-7,18-25,28H,8-17H2,1-5H3/t19-,20?,21-,22+,23-,24?,25-,26+,27-/m1/s1. The molecule has 3 saturated carbocycles. The van der Waals surface area contributed by atoms with E-state index in [2.05, 4.69) is 46.8 Å². The zero-order chi connectivity index (χ0) is 20.1. The van der Waals surface area contributed by atoms with Gasteiger partial charge < -0.3 is 5.11 Å². The minimum Gasteiger partial charge on any atom is -0.393 e. The molecular formula is C27H46O. The quantitative estimate of drug-likeness (QED) is 0.493. The van der Waals surface area contributed by atoms with Crippen LogP contribution >= 0.6 is 0 Å². The second kappa shape index (κ2) is 7.75. The second-order valence-corrected chi connectivity index (χ2v) is 12.2. The number of allylic oxidation sites excluding steroid dienone is 2. The monoisotopic (exact) mass is 386 g/mol. The number of hydrogen-bond acceptors (Lipinski definition) is 1. The molecular weight excluding hydrogens is 340 g/mol. The van der Waals surface area contributed by atoms with Crippen LogP contribution in [0.4, 0.5) is 0 Å². The van der Waals surface area contributed by atoms with Crippen LogP contribution in [0, 0.1) is 52.3 Å². The lowest BCUT2D eigenvalue weighted by Crippen LogP contribution is -2.54. The number of aliphatic hydroxyl groups excluding tert-OH is 1. The Balaban J connectivity index is 1.52. The highest BCUT2D eigenvalue weighted by Crippen LogP contribution is 2.68. The zero-order valence-electron chi connectivity index (χ0n) is 19.3. The lowest BCUT2D eigenvalue weighted by molar-refractivity contribution is -0.119. The minimum atomic E-state index is -0.0466. The van der Waals surface area contributed by atoms with Gasteiger partial charge in [0, 0.05) is 0 Å². The van der Waals surface area contributed by atoms with Crippen molar-refractivity contribution in [1.82, 2.24) is 0 Å². The van der Waals surface area contributed by atoms with Crippen LogP contribution in [-0.4, -0.2) is 11.2 Å². The van der Waals surface area contributed by atoms with Gasteiger partial charge in [-0.15, -0.1) is 0 Å². The van der Waals surface area contributed by atoms with Crippen LogP contribution in [0.1, 0.15) is 98.8 Å². The molecule has 2 unspecified atom stereocenters. The van der Waals surface area contributed by atoms with Crippen LogP contribution < -0.4 is 0 Å². The maximum Gasteiger partial charge on any atom is 0.0579 e. The largest absolute Gasteiger partial charge is 0.393 e. The van der Waals surface area contributed by atoms with Crippen LogP contribution in [0.5, 0.6) is 0 Å². The van der Waals surface area contributed by atoms with E-state index in [1.165, 1.54) is 57.8 Å². The summed E-state index contributed by atoms with van der Waals surface area (Å²) in [5.41, 5.74) is 0.880. The molecule has 0 radical (unpaired) electrons. The first kappa shape index (κ1) is 21.0. The molecule has 0 amide bonds. The van der Waals surface area contributed by atoms with Crippen molar-refractivity contribution in [1.29, 1.82) is 0 Å². The highest BCUT2D eigenvalue weighted by molar-refractivity contribution is 5.14. The van der Waals surface area contributed by atoms with Crippen LogP contribution in [0.25, 0.3) is 0 Å². The summed E-state index contributed by atoms with van der Waals surface area (Å²) in [7, 11) is 0. The summed E-state index contributed by atoms with van der Waals surface area (Å²) in [4.78, 5) is 0. The van der Waals surface area contributed by atoms with Crippen molar-refractivity contribution in [2.75, 3.05) is 0 Å². The van der Waals surface area contributed by atoms with E-state index in [-0.39, 0.29) is 6.10 Å². The van der Waals surface area contributed by atoms with Crippen LogP contribution in [0.3, 0.4) is 0 Å². The van der Waals surface area contributed by atoms with Crippen molar-refractivity contribution >= 4 is 0 Å². The molecule has 0 aromatic heterocycles. The van der Waals surface area contributed by atoms with E-state index in [1.807, 2.05) is 0 Å². The molecule has 4 aliphatic rings. The average Bonchev–Trinajstić information content (AvgIpc) is 2.92. The van der Waals surface area contributed by atoms with Crippen molar-refractivity contribution in [2.45, 2.75) is 105 Å². The molecule has 0 heterocycles. The van der Waals surface area contributed by atoms with Gasteiger partial charge in [-0.1, -0.05) is 66.0 Å². The fraction of sp³-hybridized carbons (Fsp3) is 0.926. The predicted molar refractivity (Wildman–Crippen MR) is 119 cm³/mol. The molecule has 0 saturated heterocycles.